The highest BCUT2D eigenvalue weighted by molar-refractivity contribution is 6.60. The molecule has 8 heteroatoms. The zero-order valence-corrected chi connectivity index (χ0v) is 20.8. The quantitative estimate of drug-likeness (QED) is 0.211. The fraction of sp³-hybridized carbons (Fsp3) is 0.400. The van der Waals surface area contributed by atoms with Crippen molar-refractivity contribution >= 4 is 14.9 Å². The maximum absolute atomic E-state index is 12.2. The second kappa shape index (κ2) is 14.5. The zero-order chi connectivity index (χ0) is 23.9. The van der Waals surface area contributed by atoms with Crippen molar-refractivity contribution in [1.29, 1.82) is 0 Å². The van der Waals surface area contributed by atoms with Crippen LogP contribution in [0.15, 0.2) is 61.2 Å². The summed E-state index contributed by atoms with van der Waals surface area (Å²) in [4.78, 5) is 12.2. The topological polar surface area (TPSA) is 75.3 Å². The van der Waals surface area contributed by atoms with E-state index in [2.05, 4.69) is 11.9 Å². The highest BCUT2D eigenvalue weighted by Gasteiger charge is 2.39. The van der Waals surface area contributed by atoms with E-state index < -0.39 is 14.9 Å². The lowest BCUT2D eigenvalue weighted by Gasteiger charge is -2.28. The van der Waals surface area contributed by atoms with Crippen molar-refractivity contribution < 1.29 is 27.5 Å². The highest BCUT2D eigenvalue weighted by Crippen LogP contribution is 2.25. The van der Waals surface area contributed by atoms with Gasteiger partial charge in [0.1, 0.15) is 18.1 Å². The van der Waals surface area contributed by atoms with Crippen molar-refractivity contribution in [2.75, 3.05) is 33.0 Å². The Bertz CT molecular complexity index is 824. The number of carbonyl (C=O) groups excluding carboxylic acids is 1. The molecule has 7 nitrogen and oxygen atoms in total. The van der Waals surface area contributed by atoms with Crippen molar-refractivity contribution in [2.45, 2.75) is 33.2 Å². The van der Waals surface area contributed by atoms with Crippen LogP contribution >= 0.6 is 0 Å². The molecule has 0 saturated carbocycles. The van der Waals surface area contributed by atoms with Gasteiger partial charge in [0.25, 0.3) is 0 Å². The van der Waals surface area contributed by atoms with Gasteiger partial charge in [0.2, 0.25) is 0 Å². The average Bonchev–Trinajstić information content (AvgIpc) is 2.82. The van der Waals surface area contributed by atoms with E-state index in [1.807, 2.05) is 57.2 Å². The molecule has 0 aliphatic carbocycles. The van der Waals surface area contributed by atoms with E-state index in [4.69, 9.17) is 22.8 Å². The number of benzene rings is 2. The number of amides is 1. The third kappa shape index (κ3) is 9.01. The summed E-state index contributed by atoms with van der Waals surface area (Å²) < 4.78 is 28.4. The van der Waals surface area contributed by atoms with Gasteiger partial charge in [-0.1, -0.05) is 36.9 Å². The Labute approximate surface area is 198 Å². The van der Waals surface area contributed by atoms with Gasteiger partial charge in [-0.25, -0.2) is 4.79 Å². The van der Waals surface area contributed by atoms with E-state index in [1.54, 1.807) is 18.2 Å². The van der Waals surface area contributed by atoms with Gasteiger partial charge in [0.15, 0.2) is 0 Å². The lowest BCUT2D eigenvalue weighted by Crippen LogP contribution is -2.46. The van der Waals surface area contributed by atoms with Crippen LogP contribution < -0.4 is 14.8 Å². The molecule has 0 fully saturated rings. The standard InChI is InChI=1S/C25H35NO6Si/c1-5-19-28-23-14-10-21(11-15-23)22-12-16-24(17-13-22)32-25(27)26-18-9-20-33(29-6-2,30-7-3)31-8-4/h5,10-17H,1,6-9,18-20H2,2-4H3,(H,26,27). The zero-order valence-electron chi connectivity index (χ0n) is 19.8. The van der Waals surface area contributed by atoms with Crippen molar-refractivity contribution in [1.82, 2.24) is 5.32 Å². The molecule has 0 atom stereocenters. The fourth-order valence-corrected chi connectivity index (χ4v) is 5.87. The molecule has 2 aromatic carbocycles. The average molecular weight is 474 g/mol. The predicted molar refractivity (Wildman–Crippen MR) is 132 cm³/mol. The Morgan fingerprint density at radius 2 is 1.39 bits per heavy atom. The van der Waals surface area contributed by atoms with Crippen LogP contribution in [0.25, 0.3) is 11.1 Å². The van der Waals surface area contributed by atoms with Gasteiger partial charge in [0, 0.05) is 32.4 Å². The van der Waals surface area contributed by atoms with E-state index in [-0.39, 0.29) is 0 Å². The highest BCUT2D eigenvalue weighted by atomic mass is 28.4. The summed E-state index contributed by atoms with van der Waals surface area (Å²) in [6.45, 7) is 11.9. The van der Waals surface area contributed by atoms with Crippen molar-refractivity contribution in [3.63, 3.8) is 0 Å². The first-order valence-electron chi connectivity index (χ1n) is 11.4. The second-order valence-corrected chi connectivity index (χ2v) is 9.78. The minimum Gasteiger partial charge on any atom is -0.490 e. The van der Waals surface area contributed by atoms with Crippen molar-refractivity contribution in [3.05, 3.63) is 61.2 Å². The molecular weight excluding hydrogens is 438 g/mol. The second-order valence-electron chi connectivity index (χ2n) is 7.05. The molecular formula is C25H35NO6Si. The summed E-state index contributed by atoms with van der Waals surface area (Å²) in [5.74, 6) is 1.27. The van der Waals surface area contributed by atoms with Gasteiger partial charge < -0.3 is 28.1 Å². The van der Waals surface area contributed by atoms with Gasteiger partial charge in [0.05, 0.1) is 0 Å². The Morgan fingerprint density at radius 3 is 1.88 bits per heavy atom. The van der Waals surface area contributed by atoms with Crippen LogP contribution in [0.5, 0.6) is 11.5 Å². The Hall–Kier alpha value is -2.65. The lowest BCUT2D eigenvalue weighted by molar-refractivity contribution is 0.0708. The molecule has 0 radical (unpaired) electrons. The number of ether oxygens (including phenoxy) is 2. The maximum Gasteiger partial charge on any atom is 0.500 e. The Balaban J connectivity index is 1.81. The van der Waals surface area contributed by atoms with E-state index in [0.29, 0.717) is 51.2 Å². The molecule has 33 heavy (non-hydrogen) atoms. The van der Waals surface area contributed by atoms with Crippen LogP contribution in [0.2, 0.25) is 6.04 Å². The third-order valence-electron chi connectivity index (χ3n) is 4.64. The van der Waals surface area contributed by atoms with Crippen LogP contribution in [0.4, 0.5) is 4.79 Å². The minimum absolute atomic E-state index is 0.444. The van der Waals surface area contributed by atoms with E-state index in [1.165, 1.54) is 0 Å². The SMILES string of the molecule is C=CCOc1ccc(-c2ccc(OC(=O)NCCC[Si](OCC)(OCC)OCC)cc2)cc1. The predicted octanol–water partition coefficient (Wildman–Crippen LogP) is 5.45. The first-order chi connectivity index (χ1) is 16.1. The van der Waals surface area contributed by atoms with Crippen LogP contribution in [0.3, 0.4) is 0 Å². The largest absolute Gasteiger partial charge is 0.500 e. The molecule has 0 bridgehead atoms. The van der Waals surface area contributed by atoms with Gasteiger partial charge in [-0.15, -0.1) is 0 Å². The number of nitrogens with one attached hydrogen (secondary N) is 1. The number of hydrogen-bond acceptors (Lipinski definition) is 6. The van der Waals surface area contributed by atoms with Crippen LogP contribution in [0.1, 0.15) is 27.2 Å². The molecule has 0 unspecified atom stereocenters. The van der Waals surface area contributed by atoms with Gasteiger partial charge >= 0.3 is 14.9 Å². The summed E-state index contributed by atoms with van der Waals surface area (Å²) >= 11 is 0. The van der Waals surface area contributed by atoms with E-state index in [0.717, 1.165) is 16.9 Å². The summed E-state index contributed by atoms with van der Waals surface area (Å²) in [7, 11) is -2.70. The van der Waals surface area contributed by atoms with E-state index in [9.17, 15) is 4.79 Å². The molecule has 0 aliphatic rings. The first-order valence-corrected chi connectivity index (χ1v) is 13.3. The molecule has 0 aromatic heterocycles. The Kier molecular flexibility index (Phi) is 11.7. The summed E-state index contributed by atoms with van der Waals surface area (Å²) in [5.41, 5.74) is 2.06. The van der Waals surface area contributed by atoms with Crippen molar-refractivity contribution in [3.8, 4) is 22.6 Å². The summed E-state index contributed by atoms with van der Waals surface area (Å²) in [5, 5.41) is 2.77. The van der Waals surface area contributed by atoms with Gasteiger partial charge in [-0.3, -0.25) is 0 Å². The number of rotatable bonds is 15. The maximum atomic E-state index is 12.2. The molecule has 1 amide bonds. The fourth-order valence-electron chi connectivity index (χ4n) is 3.25. The Morgan fingerprint density at radius 1 is 0.879 bits per heavy atom. The van der Waals surface area contributed by atoms with Crippen molar-refractivity contribution in [2.24, 2.45) is 0 Å². The molecule has 0 saturated heterocycles. The third-order valence-corrected chi connectivity index (χ3v) is 7.79. The first kappa shape index (κ1) is 26.6. The molecule has 1 N–H and O–H groups in total. The van der Waals surface area contributed by atoms with Gasteiger partial charge in [-0.05, 0) is 62.6 Å². The van der Waals surface area contributed by atoms with Crippen LogP contribution in [-0.2, 0) is 13.3 Å². The molecule has 0 spiro atoms. The van der Waals surface area contributed by atoms with Crippen LogP contribution in [0, 0.1) is 0 Å². The van der Waals surface area contributed by atoms with Crippen LogP contribution in [-0.4, -0.2) is 47.9 Å². The van der Waals surface area contributed by atoms with Gasteiger partial charge in [-0.2, -0.15) is 0 Å². The monoisotopic (exact) mass is 473 g/mol. The molecule has 180 valence electrons. The van der Waals surface area contributed by atoms with E-state index >= 15 is 0 Å². The number of carbonyl (C=O) groups is 1. The normalized spacial score (nSPS) is 11.1. The minimum atomic E-state index is -2.70. The number of hydrogen-bond donors (Lipinski definition) is 1. The smallest absolute Gasteiger partial charge is 0.490 e. The molecule has 0 heterocycles. The molecule has 2 aromatic rings. The summed E-state index contributed by atoms with van der Waals surface area (Å²) in [6.07, 6.45) is 1.88. The molecule has 2 rings (SSSR count). The lowest BCUT2D eigenvalue weighted by atomic mass is 10.1. The molecule has 0 aliphatic heterocycles. The summed E-state index contributed by atoms with van der Waals surface area (Å²) in [6, 6.07) is 15.8.